The summed E-state index contributed by atoms with van der Waals surface area (Å²) >= 11 is 0. The van der Waals surface area contributed by atoms with Crippen molar-refractivity contribution in [2.75, 3.05) is 26.9 Å². The van der Waals surface area contributed by atoms with E-state index in [1.807, 2.05) is 13.8 Å². The SMILES string of the molecule is COCCNCc1ccc([N+](=O)[O-])c(OCC(C)C)c1. The second-order valence-corrected chi connectivity index (χ2v) is 4.93. The maximum atomic E-state index is 11.0. The van der Waals surface area contributed by atoms with Gasteiger partial charge in [-0.05, 0) is 17.5 Å². The van der Waals surface area contributed by atoms with Crippen LogP contribution in [0.4, 0.5) is 5.69 Å². The van der Waals surface area contributed by atoms with E-state index >= 15 is 0 Å². The Morgan fingerprint density at radius 1 is 1.40 bits per heavy atom. The molecule has 1 rings (SSSR count). The molecule has 6 nitrogen and oxygen atoms in total. The molecule has 0 aliphatic carbocycles. The van der Waals surface area contributed by atoms with Gasteiger partial charge in [0, 0.05) is 26.3 Å². The van der Waals surface area contributed by atoms with E-state index in [2.05, 4.69) is 5.32 Å². The summed E-state index contributed by atoms with van der Waals surface area (Å²) in [6.45, 7) is 6.45. The zero-order chi connectivity index (χ0) is 15.0. The van der Waals surface area contributed by atoms with Crippen molar-refractivity contribution in [3.63, 3.8) is 0 Å². The molecule has 112 valence electrons. The van der Waals surface area contributed by atoms with E-state index in [-0.39, 0.29) is 5.69 Å². The van der Waals surface area contributed by atoms with Crippen LogP contribution in [0.15, 0.2) is 18.2 Å². The van der Waals surface area contributed by atoms with Crippen molar-refractivity contribution in [3.05, 3.63) is 33.9 Å². The fraction of sp³-hybridized carbons (Fsp3) is 0.571. The fourth-order valence-corrected chi connectivity index (χ4v) is 1.60. The number of nitro groups is 1. The Morgan fingerprint density at radius 2 is 2.15 bits per heavy atom. The molecule has 0 saturated carbocycles. The van der Waals surface area contributed by atoms with E-state index in [9.17, 15) is 10.1 Å². The molecule has 0 amide bonds. The fourth-order valence-electron chi connectivity index (χ4n) is 1.60. The largest absolute Gasteiger partial charge is 0.487 e. The first-order valence-corrected chi connectivity index (χ1v) is 6.64. The van der Waals surface area contributed by atoms with Gasteiger partial charge in [0.2, 0.25) is 0 Å². The van der Waals surface area contributed by atoms with Crippen LogP contribution < -0.4 is 10.1 Å². The van der Waals surface area contributed by atoms with Crippen molar-refractivity contribution >= 4 is 5.69 Å². The first kappa shape index (κ1) is 16.4. The lowest BCUT2D eigenvalue weighted by molar-refractivity contribution is -0.385. The van der Waals surface area contributed by atoms with Gasteiger partial charge in [-0.15, -0.1) is 0 Å². The van der Waals surface area contributed by atoms with Gasteiger partial charge in [0.25, 0.3) is 0 Å². The summed E-state index contributed by atoms with van der Waals surface area (Å²) in [6.07, 6.45) is 0. The smallest absolute Gasteiger partial charge is 0.310 e. The lowest BCUT2D eigenvalue weighted by Crippen LogP contribution is -2.18. The van der Waals surface area contributed by atoms with Crippen molar-refractivity contribution in [2.45, 2.75) is 20.4 Å². The third-order valence-corrected chi connectivity index (χ3v) is 2.61. The number of hydrogen-bond donors (Lipinski definition) is 1. The molecular weight excluding hydrogens is 260 g/mol. The molecule has 6 heteroatoms. The van der Waals surface area contributed by atoms with Crippen LogP contribution >= 0.6 is 0 Å². The molecule has 0 bridgehead atoms. The minimum absolute atomic E-state index is 0.00583. The Kier molecular flexibility index (Phi) is 6.97. The zero-order valence-electron chi connectivity index (χ0n) is 12.2. The molecule has 0 saturated heterocycles. The molecule has 0 atom stereocenters. The molecule has 0 aromatic heterocycles. The second-order valence-electron chi connectivity index (χ2n) is 4.93. The van der Waals surface area contributed by atoms with Gasteiger partial charge >= 0.3 is 5.69 Å². The number of rotatable bonds is 9. The third-order valence-electron chi connectivity index (χ3n) is 2.61. The standard InChI is InChI=1S/C14H22N2O4/c1-11(2)10-20-14-8-12(9-15-6-7-19-3)4-5-13(14)16(17)18/h4-5,8,11,15H,6-7,9-10H2,1-3H3. The number of methoxy groups -OCH3 is 1. The van der Waals surface area contributed by atoms with E-state index in [0.29, 0.717) is 31.4 Å². The van der Waals surface area contributed by atoms with E-state index in [4.69, 9.17) is 9.47 Å². The predicted octanol–water partition coefficient (Wildman–Crippen LogP) is 2.37. The van der Waals surface area contributed by atoms with E-state index in [0.717, 1.165) is 12.1 Å². The van der Waals surface area contributed by atoms with Crippen LogP contribution in [-0.2, 0) is 11.3 Å². The molecule has 0 aliphatic heterocycles. The van der Waals surface area contributed by atoms with Crippen molar-refractivity contribution < 1.29 is 14.4 Å². The third kappa shape index (κ3) is 5.54. The van der Waals surface area contributed by atoms with Gasteiger partial charge in [-0.25, -0.2) is 0 Å². The highest BCUT2D eigenvalue weighted by Crippen LogP contribution is 2.28. The van der Waals surface area contributed by atoms with Gasteiger partial charge in [0.15, 0.2) is 5.75 Å². The molecular formula is C14H22N2O4. The molecule has 0 unspecified atom stereocenters. The van der Waals surface area contributed by atoms with Crippen LogP contribution in [-0.4, -0.2) is 31.8 Å². The minimum Gasteiger partial charge on any atom is -0.487 e. The Bertz CT molecular complexity index is 435. The number of hydrogen-bond acceptors (Lipinski definition) is 5. The summed E-state index contributed by atoms with van der Waals surface area (Å²) in [5, 5.41) is 14.2. The average molecular weight is 282 g/mol. The van der Waals surface area contributed by atoms with Crippen molar-refractivity contribution in [1.82, 2.24) is 5.32 Å². The van der Waals surface area contributed by atoms with Crippen LogP contribution in [0.3, 0.4) is 0 Å². The molecule has 1 aromatic carbocycles. The van der Waals surface area contributed by atoms with Crippen molar-refractivity contribution in [3.8, 4) is 5.75 Å². The Hall–Kier alpha value is -1.66. The van der Waals surface area contributed by atoms with Gasteiger partial charge in [-0.1, -0.05) is 19.9 Å². The summed E-state index contributed by atoms with van der Waals surface area (Å²) < 4.78 is 10.5. The van der Waals surface area contributed by atoms with E-state index in [1.54, 1.807) is 19.2 Å². The van der Waals surface area contributed by atoms with Gasteiger partial charge in [0.05, 0.1) is 18.1 Å². The highest BCUT2D eigenvalue weighted by molar-refractivity contribution is 5.48. The molecule has 0 spiro atoms. The van der Waals surface area contributed by atoms with Gasteiger partial charge < -0.3 is 14.8 Å². The summed E-state index contributed by atoms with van der Waals surface area (Å²) in [4.78, 5) is 10.6. The van der Waals surface area contributed by atoms with Crippen LogP contribution in [0.25, 0.3) is 0 Å². The molecule has 0 radical (unpaired) electrons. The first-order chi connectivity index (χ1) is 9.54. The number of nitrogens with one attached hydrogen (secondary N) is 1. The summed E-state index contributed by atoms with van der Waals surface area (Å²) in [7, 11) is 1.64. The predicted molar refractivity (Wildman–Crippen MR) is 77.0 cm³/mol. The molecule has 20 heavy (non-hydrogen) atoms. The average Bonchev–Trinajstić information content (AvgIpc) is 2.41. The Balaban J connectivity index is 2.73. The first-order valence-electron chi connectivity index (χ1n) is 6.64. The van der Waals surface area contributed by atoms with Crippen LogP contribution in [0, 0.1) is 16.0 Å². The van der Waals surface area contributed by atoms with Crippen molar-refractivity contribution in [1.29, 1.82) is 0 Å². The quantitative estimate of drug-likeness (QED) is 0.427. The number of nitro benzene ring substituents is 1. The molecule has 1 aromatic rings. The van der Waals surface area contributed by atoms with Gasteiger partial charge in [0.1, 0.15) is 0 Å². The maximum absolute atomic E-state index is 11.0. The van der Waals surface area contributed by atoms with E-state index in [1.165, 1.54) is 6.07 Å². The van der Waals surface area contributed by atoms with Gasteiger partial charge in [-0.2, -0.15) is 0 Å². The van der Waals surface area contributed by atoms with Crippen LogP contribution in [0.2, 0.25) is 0 Å². The lowest BCUT2D eigenvalue weighted by atomic mass is 10.2. The number of nitrogens with zero attached hydrogens (tertiary/aromatic N) is 1. The highest BCUT2D eigenvalue weighted by Gasteiger charge is 2.15. The molecule has 0 fully saturated rings. The van der Waals surface area contributed by atoms with Gasteiger partial charge in [-0.3, -0.25) is 10.1 Å². The summed E-state index contributed by atoms with van der Waals surface area (Å²) in [5.41, 5.74) is 0.955. The molecule has 0 heterocycles. The minimum atomic E-state index is -0.419. The maximum Gasteiger partial charge on any atom is 0.310 e. The summed E-state index contributed by atoms with van der Waals surface area (Å²) in [5.74, 6) is 0.646. The second kappa shape index (κ2) is 8.50. The van der Waals surface area contributed by atoms with E-state index < -0.39 is 4.92 Å². The monoisotopic (exact) mass is 282 g/mol. The van der Waals surface area contributed by atoms with Crippen LogP contribution in [0.5, 0.6) is 5.75 Å². The Labute approximate surface area is 119 Å². The normalized spacial score (nSPS) is 10.8. The van der Waals surface area contributed by atoms with Crippen LogP contribution in [0.1, 0.15) is 19.4 Å². The number of benzene rings is 1. The van der Waals surface area contributed by atoms with Crippen molar-refractivity contribution in [2.24, 2.45) is 5.92 Å². The number of ether oxygens (including phenoxy) is 2. The molecule has 1 N–H and O–H groups in total. The lowest BCUT2D eigenvalue weighted by Gasteiger charge is -2.11. The zero-order valence-corrected chi connectivity index (χ0v) is 12.2. The summed E-state index contributed by atoms with van der Waals surface area (Å²) in [6, 6.07) is 4.95. The highest BCUT2D eigenvalue weighted by atomic mass is 16.6. The Morgan fingerprint density at radius 3 is 2.75 bits per heavy atom. The molecule has 0 aliphatic rings. The topological polar surface area (TPSA) is 73.6 Å².